The normalized spacial score (nSPS) is 15.6. The monoisotopic (exact) mass is 239 g/mol. The van der Waals surface area contributed by atoms with Gasteiger partial charge in [-0.15, -0.1) is 0 Å². The van der Waals surface area contributed by atoms with Gasteiger partial charge in [-0.2, -0.15) is 0 Å². The summed E-state index contributed by atoms with van der Waals surface area (Å²) in [5, 5.41) is 0. The minimum absolute atomic E-state index is 0.252. The summed E-state index contributed by atoms with van der Waals surface area (Å²) in [6.45, 7) is 7.86. The second-order valence-corrected chi connectivity index (χ2v) is 5.03. The molecule has 0 heterocycles. The van der Waals surface area contributed by atoms with Crippen molar-refractivity contribution in [1.29, 1.82) is 0 Å². The van der Waals surface area contributed by atoms with E-state index in [4.69, 9.17) is 10.5 Å². The van der Waals surface area contributed by atoms with Crippen LogP contribution >= 0.6 is 0 Å². The Balaban J connectivity index is 2.99. The third-order valence-corrected chi connectivity index (χ3v) is 2.99. The number of hydrogen-bond donors (Lipinski definition) is 1. The van der Waals surface area contributed by atoms with Crippen molar-refractivity contribution < 1.29 is 9.13 Å². The van der Waals surface area contributed by atoms with Gasteiger partial charge in [-0.05, 0) is 33.3 Å². The van der Waals surface area contributed by atoms with Crippen LogP contribution in [0, 0.1) is 5.82 Å². The molecule has 2 nitrogen and oxygen atoms in total. The highest BCUT2D eigenvalue weighted by molar-refractivity contribution is 5.21. The molecule has 0 aromatic heterocycles. The maximum Gasteiger partial charge on any atom is 0.129 e. The molecule has 0 aliphatic carbocycles. The zero-order valence-electron chi connectivity index (χ0n) is 11.0. The fourth-order valence-corrected chi connectivity index (χ4v) is 1.59. The van der Waals surface area contributed by atoms with Gasteiger partial charge in [-0.3, -0.25) is 0 Å². The van der Waals surface area contributed by atoms with E-state index in [1.54, 1.807) is 18.2 Å². The van der Waals surface area contributed by atoms with Crippen LogP contribution in [-0.2, 0) is 4.74 Å². The summed E-state index contributed by atoms with van der Waals surface area (Å²) in [6.07, 6.45) is 0.441. The molecule has 1 rings (SSSR count). The van der Waals surface area contributed by atoms with Crippen LogP contribution in [0.25, 0.3) is 0 Å². The van der Waals surface area contributed by atoms with Crippen LogP contribution in [0.1, 0.15) is 45.8 Å². The SMILES string of the molecule is CCC(C)(C)OC(c1ccccc1F)C(C)N. The van der Waals surface area contributed by atoms with Gasteiger partial charge >= 0.3 is 0 Å². The fraction of sp³-hybridized carbons (Fsp3) is 0.571. The summed E-state index contributed by atoms with van der Waals surface area (Å²) in [7, 11) is 0. The van der Waals surface area contributed by atoms with E-state index in [-0.39, 0.29) is 17.5 Å². The largest absolute Gasteiger partial charge is 0.366 e. The smallest absolute Gasteiger partial charge is 0.129 e. The van der Waals surface area contributed by atoms with Crippen molar-refractivity contribution in [2.75, 3.05) is 0 Å². The summed E-state index contributed by atoms with van der Waals surface area (Å²) in [5.74, 6) is -0.262. The van der Waals surface area contributed by atoms with E-state index in [0.29, 0.717) is 5.56 Å². The first-order valence-corrected chi connectivity index (χ1v) is 6.05. The topological polar surface area (TPSA) is 35.2 Å². The first kappa shape index (κ1) is 14.1. The van der Waals surface area contributed by atoms with Crippen molar-refractivity contribution in [1.82, 2.24) is 0 Å². The molecule has 0 amide bonds. The quantitative estimate of drug-likeness (QED) is 0.854. The molecule has 0 fully saturated rings. The van der Waals surface area contributed by atoms with E-state index < -0.39 is 6.10 Å². The summed E-state index contributed by atoms with van der Waals surface area (Å²) in [5.41, 5.74) is 6.13. The fourth-order valence-electron chi connectivity index (χ4n) is 1.59. The lowest BCUT2D eigenvalue weighted by molar-refractivity contribution is -0.0845. The third kappa shape index (κ3) is 3.79. The predicted molar refractivity (Wildman–Crippen MR) is 68.2 cm³/mol. The van der Waals surface area contributed by atoms with E-state index in [0.717, 1.165) is 6.42 Å². The molecule has 2 N–H and O–H groups in total. The number of halogens is 1. The first-order valence-electron chi connectivity index (χ1n) is 6.05. The standard InChI is InChI=1S/C14H22FNO/c1-5-14(3,4)17-13(10(2)16)11-8-6-7-9-12(11)15/h6-10,13H,5,16H2,1-4H3. The van der Waals surface area contributed by atoms with Crippen molar-refractivity contribution in [3.8, 4) is 0 Å². The molecule has 96 valence electrons. The lowest BCUT2D eigenvalue weighted by Gasteiger charge is -2.32. The highest BCUT2D eigenvalue weighted by Gasteiger charge is 2.27. The molecule has 0 saturated carbocycles. The van der Waals surface area contributed by atoms with Gasteiger partial charge in [-0.1, -0.05) is 25.1 Å². The Morgan fingerprint density at radius 3 is 2.41 bits per heavy atom. The van der Waals surface area contributed by atoms with Crippen LogP contribution < -0.4 is 5.73 Å². The summed E-state index contributed by atoms with van der Waals surface area (Å²) in [6, 6.07) is 6.39. The van der Waals surface area contributed by atoms with Crippen LogP contribution in [0.4, 0.5) is 4.39 Å². The Kier molecular flexibility index (Phi) is 4.66. The van der Waals surface area contributed by atoms with E-state index in [1.165, 1.54) is 6.07 Å². The highest BCUT2D eigenvalue weighted by Crippen LogP contribution is 2.29. The lowest BCUT2D eigenvalue weighted by Crippen LogP contribution is -2.35. The van der Waals surface area contributed by atoms with E-state index in [2.05, 4.69) is 0 Å². The maximum absolute atomic E-state index is 13.7. The van der Waals surface area contributed by atoms with Gasteiger partial charge in [0.1, 0.15) is 11.9 Å². The molecule has 0 spiro atoms. The number of rotatable bonds is 5. The van der Waals surface area contributed by atoms with Crippen LogP contribution in [0.5, 0.6) is 0 Å². The molecule has 1 aromatic carbocycles. The number of hydrogen-bond acceptors (Lipinski definition) is 2. The van der Waals surface area contributed by atoms with Crippen LogP contribution in [0.2, 0.25) is 0 Å². The van der Waals surface area contributed by atoms with Gasteiger partial charge in [0.25, 0.3) is 0 Å². The molecule has 1 aromatic rings. The number of ether oxygens (including phenoxy) is 1. The molecule has 3 heteroatoms. The number of nitrogens with two attached hydrogens (primary N) is 1. The van der Waals surface area contributed by atoms with E-state index in [1.807, 2.05) is 27.7 Å². The molecule has 2 atom stereocenters. The second kappa shape index (κ2) is 5.61. The molecule has 0 aliphatic rings. The molecular formula is C14H22FNO. The summed E-state index contributed by atoms with van der Waals surface area (Å²) in [4.78, 5) is 0. The second-order valence-electron chi connectivity index (χ2n) is 5.03. The van der Waals surface area contributed by atoms with Crippen LogP contribution in [0.15, 0.2) is 24.3 Å². The van der Waals surface area contributed by atoms with Gasteiger partial charge in [0.2, 0.25) is 0 Å². The van der Waals surface area contributed by atoms with Crippen LogP contribution in [-0.4, -0.2) is 11.6 Å². The van der Waals surface area contributed by atoms with Crippen LogP contribution in [0.3, 0.4) is 0 Å². The van der Waals surface area contributed by atoms with Gasteiger partial charge in [-0.25, -0.2) is 4.39 Å². The van der Waals surface area contributed by atoms with Crippen molar-refractivity contribution in [2.45, 2.75) is 51.9 Å². The zero-order valence-corrected chi connectivity index (χ0v) is 11.0. The lowest BCUT2D eigenvalue weighted by atomic mass is 10.0. The Labute approximate surface area is 103 Å². The maximum atomic E-state index is 13.7. The zero-order chi connectivity index (χ0) is 13.1. The molecule has 0 saturated heterocycles. The summed E-state index contributed by atoms with van der Waals surface area (Å²) >= 11 is 0. The van der Waals surface area contributed by atoms with E-state index >= 15 is 0 Å². The molecule has 2 unspecified atom stereocenters. The van der Waals surface area contributed by atoms with E-state index in [9.17, 15) is 4.39 Å². The average molecular weight is 239 g/mol. The molecule has 0 bridgehead atoms. The molecule has 0 aliphatic heterocycles. The van der Waals surface area contributed by atoms with Gasteiger partial charge in [0, 0.05) is 11.6 Å². The van der Waals surface area contributed by atoms with Crippen molar-refractivity contribution >= 4 is 0 Å². The molecular weight excluding hydrogens is 217 g/mol. The first-order chi connectivity index (χ1) is 7.87. The Morgan fingerprint density at radius 2 is 1.94 bits per heavy atom. The Morgan fingerprint density at radius 1 is 1.35 bits per heavy atom. The molecule has 17 heavy (non-hydrogen) atoms. The average Bonchev–Trinajstić information content (AvgIpc) is 2.27. The van der Waals surface area contributed by atoms with Crippen molar-refractivity contribution in [3.63, 3.8) is 0 Å². The van der Waals surface area contributed by atoms with Gasteiger partial charge in [0.15, 0.2) is 0 Å². The number of benzene rings is 1. The highest BCUT2D eigenvalue weighted by atomic mass is 19.1. The molecule has 0 radical (unpaired) electrons. The van der Waals surface area contributed by atoms with Crippen molar-refractivity contribution in [2.24, 2.45) is 5.73 Å². The third-order valence-electron chi connectivity index (χ3n) is 2.99. The Bertz CT molecular complexity index is 363. The van der Waals surface area contributed by atoms with Gasteiger partial charge in [0.05, 0.1) is 5.60 Å². The van der Waals surface area contributed by atoms with Gasteiger partial charge < -0.3 is 10.5 Å². The predicted octanol–water partition coefficient (Wildman–Crippen LogP) is 3.42. The Hall–Kier alpha value is -0.930. The minimum Gasteiger partial charge on any atom is -0.366 e. The van der Waals surface area contributed by atoms with Crippen molar-refractivity contribution in [3.05, 3.63) is 35.6 Å². The summed E-state index contributed by atoms with van der Waals surface area (Å²) < 4.78 is 19.7. The minimum atomic E-state index is -0.411.